The fourth-order valence-electron chi connectivity index (χ4n) is 2.43. The van der Waals surface area contributed by atoms with E-state index < -0.39 is 0 Å². The van der Waals surface area contributed by atoms with Crippen LogP contribution in [-0.2, 0) is 13.0 Å². The van der Waals surface area contributed by atoms with Crippen molar-refractivity contribution in [1.29, 1.82) is 0 Å². The number of hydrogen-bond donors (Lipinski definition) is 0. The molecule has 0 bridgehead atoms. The fraction of sp³-hybridized carbons (Fsp3) is 0.529. The summed E-state index contributed by atoms with van der Waals surface area (Å²) >= 11 is 5.95. The molecule has 1 aromatic heterocycles. The monoisotopic (exact) mass is 305 g/mol. The molecule has 1 unspecified atom stereocenters. The van der Waals surface area contributed by atoms with Crippen LogP contribution in [0.2, 0.25) is 5.02 Å². The van der Waals surface area contributed by atoms with Crippen molar-refractivity contribution in [3.63, 3.8) is 0 Å². The first-order chi connectivity index (χ1) is 9.80. The van der Waals surface area contributed by atoms with Crippen molar-refractivity contribution in [1.82, 2.24) is 14.8 Å². The number of aryl methyl sites for hydroxylation is 1. The van der Waals surface area contributed by atoms with Gasteiger partial charge in [-0.05, 0) is 41.4 Å². The van der Waals surface area contributed by atoms with Crippen LogP contribution in [0.15, 0.2) is 36.9 Å². The summed E-state index contributed by atoms with van der Waals surface area (Å²) in [4.78, 5) is 4.05. The lowest BCUT2D eigenvalue weighted by atomic mass is 9.65. The van der Waals surface area contributed by atoms with E-state index in [-0.39, 0.29) is 10.8 Å². The van der Waals surface area contributed by atoms with Crippen molar-refractivity contribution >= 4 is 11.6 Å². The van der Waals surface area contributed by atoms with Crippen molar-refractivity contribution < 1.29 is 0 Å². The summed E-state index contributed by atoms with van der Waals surface area (Å²) in [5.41, 5.74) is 1.65. The van der Waals surface area contributed by atoms with Crippen molar-refractivity contribution in [3.05, 3.63) is 47.5 Å². The lowest BCUT2D eigenvalue weighted by molar-refractivity contribution is 0.0696. The highest BCUT2D eigenvalue weighted by Crippen LogP contribution is 2.43. The van der Waals surface area contributed by atoms with Gasteiger partial charge >= 0.3 is 0 Å². The summed E-state index contributed by atoms with van der Waals surface area (Å²) < 4.78 is 1.94. The third-order valence-corrected chi connectivity index (χ3v) is 4.92. The van der Waals surface area contributed by atoms with Gasteiger partial charge in [-0.2, -0.15) is 5.10 Å². The normalized spacial score (nSPS) is 14.9. The molecule has 0 saturated heterocycles. The van der Waals surface area contributed by atoms with Gasteiger partial charge in [-0.25, -0.2) is 4.98 Å². The molecule has 4 heteroatoms. The fourth-order valence-corrected chi connectivity index (χ4v) is 2.56. The van der Waals surface area contributed by atoms with Crippen molar-refractivity contribution in [2.75, 3.05) is 0 Å². The maximum atomic E-state index is 5.95. The number of aromatic nitrogens is 3. The molecular weight excluding hydrogens is 282 g/mol. The van der Waals surface area contributed by atoms with E-state index in [1.165, 1.54) is 5.56 Å². The molecule has 3 nitrogen and oxygen atoms in total. The van der Waals surface area contributed by atoms with Gasteiger partial charge in [-0.1, -0.05) is 51.4 Å². The molecule has 1 heterocycles. The van der Waals surface area contributed by atoms with Crippen molar-refractivity contribution in [2.24, 2.45) is 10.8 Å². The quantitative estimate of drug-likeness (QED) is 0.807. The molecule has 0 amide bonds. The molecule has 0 aliphatic heterocycles. The Morgan fingerprint density at radius 3 is 2.29 bits per heavy atom. The zero-order valence-corrected chi connectivity index (χ0v) is 14.1. The Labute approximate surface area is 132 Å². The van der Waals surface area contributed by atoms with E-state index in [2.05, 4.69) is 49.9 Å². The average Bonchev–Trinajstić information content (AvgIpc) is 2.89. The summed E-state index contributed by atoms with van der Waals surface area (Å²) in [7, 11) is 0. The second-order valence-electron chi connectivity index (χ2n) is 7.03. The van der Waals surface area contributed by atoms with Crippen LogP contribution in [0.25, 0.3) is 0 Å². The smallest absolute Gasteiger partial charge is 0.137 e. The van der Waals surface area contributed by atoms with Crippen molar-refractivity contribution in [2.45, 2.75) is 47.1 Å². The van der Waals surface area contributed by atoms with Crippen LogP contribution in [0.1, 0.15) is 39.7 Å². The van der Waals surface area contributed by atoms with Crippen LogP contribution in [0.3, 0.4) is 0 Å². The van der Waals surface area contributed by atoms with Gasteiger partial charge in [0.1, 0.15) is 12.7 Å². The maximum Gasteiger partial charge on any atom is 0.137 e. The summed E-state index contributed by atoms with van der Waals surface area (Å²) in [5.74, 6) is 0. The van der Waals surface area contributed by atoms with Gasteiger partial charge in [0.15, 0.2) is 0 Å². The molecule has 0 aliphatic rings. The second kappa shape index (κ2) is 6.18. The van der Waals surface area contributed by atoms with E-state index in [4.69, 9.17) is 11.6 Å². The zero-order chi connectivity index (χ0) is 15.5. The van der Waals surface area contributed by atoms with Crippen LogP contribution >= 0.6 is 11.6 Å². The van der Waals surface area contributed by atoms with Gasteiger partial charge in [0.05, 0.1) is 0 Å². The predicted molar refractivity (Wildman–Crippen MR) is 87.4 cm³/mol. The molecule has 21 heavy (non-hydrogen) atoms. The third kappa shape index (κ3) is 4.07. The Bertz CT molecular complexity index is 555. The zero-order valence-electron chi connectivity index (χ0n) is 13.3. The standard InChI is InChI=1S/C17H24ClN3/c1-16(2,3)17(4,11-21-13-19-12-20-21)10-9-14-5-7-15(18)8-6-14/h5-8,12-13H,9-11H2,1-4H3. The number of nitrogens with zero attached hydrogens (tertiary/aromatic N) is 3. The van der Waals surface area contributed by atoms with E-state index in [0.717, 1.165) is 24.4 Å². The highest BCUT2D eigenvalue weighted by Gasteiger charge is 2.37. The van der Waals surface area contributed by atoms with Crippen molar-refractivity contribution in [3.8, 4) is 0 Å². The SMILES string of the molecule is CC(C)(C)C(C)(CCc1ccc(Cl)cc1)Cn1cncn1. The van der Waals surface area contributed by atoms with E-state index in [9.17, 15) is 0 Å². The number of halogens is 1. The first-order valence-corrected chi connectivity index (χ1v) is 7.75. The number of rotatable bonds is 5. The molecule has 2 rings (SSSR count). The first-order valence-electron chi connectivity index (χ1n) is 7.37. The Kier molecular flexibility index (Phi) is 4.72. The molecule has 0 N–H and O–H groups in total. The molecule has 1 atom stereocenters. The van der Waals surface area contributed by atoms with Gasteiger partial charge in [0.25, 0.3) is 0 Å². The second-order valence-corrected chi connectivity index (χ2v) is 7.47. The van der Waals surface area contributed by atoms with E-state index >= 15 is 0 Å². The molecule has 0 saturated carbocycles. The Balaban J connectivity index is 2.11. The van der Waals surface area contributed by atoms with Gasteiger partial charge < -0.3 is 0 Å². The van der Waals surface area contributed by atoms with Crippen LogP contribution < -0.4 is 0 Å². The van der Waals surface area contributed by atoms with Crippen LogP contribution in [0.4, 0.5) is 0 Å². The van der Waals surface area contributed by atoms with Gasteiger partial charge in [-0.3, -0.25) is 4.68 Å². The topological polar surface area (TPSA) is 30.7 Å². The average molecular weight is 306 g/mol. The minimum atomic E-state index is 0.139. The molecule has 114 valence electrons. The number of hydrogen-bond acceptors (Lipinski definition) is 2. The summed E-state index contributed by atoms with van der Waals surface area (Å²) in [5, 5.41) is 5.06. The molecule has 0 radical (unpaired) electrons. The van der Waals surface area contributed by atoms with Crippen LogP contribution in [0.5, 0.6) is 0 Å². The molecule has 2 aromatic rings. The molecule has 0 fully saturated rings. The minimum absolute atomic E-state index is 0.139. The van der Waals surface area contributed by atoms with Crippen LogP contribution in [0, 0.1) is 10.8 Å². The highest BCUT2D eigenvalue weighted by molar-refractivity contribution is 6.30. The largest absolute Gasteiger partial charge is 0.252 e. The summed E-state index contributed by atoms with van der Waals surface area (Å²) in [6.45, 7) is 10.1. The molecular formula is C17H24ClN3. The van der Waals surface area contributed by atoms with Gasteiger partial charge in [0.2, 0.25) is 0 Å². The van der Waals surface area contributed by atoms with Crippen LogP contribution in [-0.4, -0.2) is 14.8 Å². The Morgan fingerprint density at radius 1 is 1.10 bits per heavy atom. The first kappa shape index (κ1) is 16.0. The highest BCUT2D eigenvalue weighted by atomic mass is 35.5. The molecule has 0 spiro atoms. The Hall–Kier alpha value is -1.35. The summed E-state index contributed by atoms with van der Waals surface area (Å²) in [6.07, 6.45) is 5.53. The molecule has 1 aromatic carbocycles. The predicted octanol–water partition coefficient (Wildman–Crippen LogP) is 4.62. The molecule has 0 aliphatic carbocycles. The minimum Gasteiger partial charge on any atom is -0.252 e. The third-order valence-electron chi connectivity index (χ3n) is 4.67. The van der Waals surface area contributed by atoms with E-state index in [1.807, 2.05) is 16.8 Å². The van der Waals surface area contributed by atoms with Gasteiger partial charge in [-0.15, -0.1) is 0 Å². The van der Waals surface area contributed by atoms with Gasteiger partial charge in [0, 0.05) is 11.6 Å². The lowest BCUT2D eigenvalue weighted by Gasteiger charge is -2.42. The summed E-state index contributed by atoms with van der Waals surface area (Å²) in [6, 6.07) is 8.15. The number of benzene rings is 1. The van der Waals surface area contributed by atoms with E-state index in [1.54, 1.807) is 12.7 Å². The Morgan fingerprint density at radius 2 is 1.76 bits per heavy atom. The maximum absolute atomic E-state index is 5.95. The van der Waals surface area contributed by atoms with E-state index in [0.29, 0.717) is 0 Å². The lowest BCUT2D eigenvalue weighted by Crippen LogP contribution is -2.37.